The van der Waals surface area contributed by atoms with E-state index in [4.69, 9.17) is 11.6 Å². The molecule has 1 rings (SSSR count). The molecule has 0 saturated heterocycles. The van der Waals surface area contributed by atoms with Gasteiger partial charge >= 0.3 is 0 Å². The molecule has 0 spiro atoms. The van der Waals surface area contributed by atoms with Crippen molar-refractivity contribution in [1.82, 2.24) is 20.0 Å². The Balaban J connectivity index is 0.00000256. The van der Waals surface area contributed by atoms with E-state index in [9.17, 15) is 4.79 Å². The number of hydrogen-bond acceptors (Lipinski definition) is 3. The SMILES string of the molecule is Cc1nn(C)c(Cl)c1CNCC(=O)N(C)C.Cl. The fraction of sp³-hybridized carbons (Fsp3) is 0.600. The molecule has 1 aromatic heterocycles. The van der Waals surface area contributed by atoms with Gasteiger partial charge in [-0.25, -0.2) is 0 Å². The van der Waals surface area contributed by atoms with E-state index >= 15 is 0 Å². The molecule has 1 aromatic rings. The Kier molecular flexibility index (Phi) is 6.52. The van der Waals surface area contributed by atoms with Crippen LogP contribution in [0.15, 0.2) is 0 Å². The van der Waals surface area contributed by atoms with Crippen molar-refractivity contribution in [1.29, 1.82) is 0 Å². The molecule has 1 heterocycles. The third kappa shape index (κ3) is 4.18. The van der Waals surface area contributed by atoms with Crippen molar-refractivity contribution >= 4 is 29.9 Å². The Labute approximate surface area is 113 Å². The van der Waals surface area contributed by atoms with Crippen LogP contribution < -0.4 is 5.32 Å². The topological polar surface area (TPSA) is 50.2 Å². The van der Waals surface area contributed by atoms with Gasteiger partial charge in [-0.2, -0.15) is 5.10 Å². The highest BCUT2D eigenvalue weighted by molar-refractivity contribution is 6.30. The predicted molar refractivity (Wildman–Crippen MR) is 70.6 cm³/mol. The highest BCUT2D eigenvalue weighted by Gasteiger charge is 2.11. The Morgan fingerprint density at radius 3 is 2.53 bits per heavy atom. The van der Waals surface area contributed by atoms with Crippen LogP contribution in [0.1, 0.15) is 11.3 Å². The van der Waals surface area contributed by atoms with Crippen molar-refractivity contribution in [2.45, 2.75) is 13.5 Å². The average molecular weight is 281 g/mol. The highest BCUT2D eigenvalue weighted by Crippen LogP contribution is 2.17. The summed E-state index contributed by atoms with van der Waals surface area (Å²) in [6.07, 6.45) is 0. The van der Waals surface area contributed by atoms with Crippen molar-refractivity contribution in [3.05, 3.63) is 16.4 Å². The summed E-state index contributed by atoms with van der Waals surface area (Å²) in [6.45, 7) is 2.76. The zero-order valence-electron chi connectivity index (χ0n) is 10.5. The van der Waals surface area contributed by atoms with E-state index in [1.807, 2.05) is 6.92 Å². The molecule has 7 heteroatoms. The molecule has 0 radical (unpaired) electrons. The van der Waals surface area contributed by atoms with Crippen LogP contribution in [0.2, 0.25) is 5.15 Å². The molecule has 1 amide bonds. The zero-order chi connectivity index (χ0) is 12.3. The minimum Gasteiger partial charge on any atom is -0.348 e. The van der Waals surface area contributed by atoms with Crippen LogP contribution in [0, 0.1) is 6.92 Å². The first-order chi connectivity index (χ1) is 7.43. The smallest absolute Gasteiger partial charge is 0.236 e. The molecular weight excluding hydrogens is 263 g/mol. The largest absolute Gasteiger partial charge is 0.348 e. The van der Waals surface area contributed by atoms with Gasteiger partial charge < -0.3 is 10.2 Å². The molecule has 0 aliphatic rings. The number of aryl methyl sites for hydroxylation is 2. The second-order valence-corrected chi connectivity index (χ2v) is 4.23. The van der Waals surface area contributed by atoms with Crippen molar-refractivity contribution in [3.8, 4) is 0 Å². The molecule has 0 unspecified atom stereocenters. The summed E-state index contributed by atoms with van der Waals surface area (Å²) in [4.78, 5) is 12.9. The minimum atomic E-state index is 0. The molecule has 0 fully saturated rings. The standard InChI is InChI=1S/C10H17ClN4O.ClH/c1-7-8(10(11)15(4)13-7)5-12-6-9(16)14(2)3;/h12H,5-6H2,1-4H3;1H. The van der Waals surface area contributed by atoms with Gasteiger partial charge in [0.15, 0.2) is 0 Å². The zero-order valence-corrected chi connectivity index (χ0v) is 12.0. The van der Waals surface area contributed by atoms with Crippen molar-refractivity contribution in [3.63, 3.8) is 0 Å². The number of rotatable bonds is 4. The third-order valence-electron chi connectivity index (χ3n) is 2.35. The molecule has 1 N–H and O–H groups in total. The van der Waals surface area contributed by atoms with Gasteiger partial charge in [-0.05, 0) is 6.92 Å². The Bertz CT molecular complexity index is 390. The number of halogens is 2. The maximum absolute atomic E-state index is 11.3. The molecular formula is C10H18Cl2N4O. The second kappa shape index (κ2) is 6.83. The van der Waals surface area contributed by atoms with Gasteiger partial charge in [-0.15, -0.1) is 12.4 Å². The van der Waals surface area contributed by atoms with Crippen LogP contribution in [-0.4, -0.2) is 41.2 Å². The van der Waals surface area contributed by atoms with Crippen LogP contribution >= 0.6 is 24.0 Å². The summed E-state index contributed by atoms with van der Waals surface area (Å²) in [5, 5.41) is 7.85. The number of carbonyl (C=O) groups excluding carboxylic acids is 1. The van der Waals surface area contributed by atoms with Crippen LogP contribution in [0.25, 0.3) is 0 Å². The maximum Gasteiger partial charge on any atom is 0.236 e. The summed E-state index contributed by atoms with van der Waals surface area (Å²) in [5.41, 5.74) is 1.83. The number of nitrogens with one attached hydrogen (secondary N) is 1. The number of likely N-dealkylation sites (N-methyl/N-ethyl adjacent to an activating group) is 1. The third-order valence-corrected chi connectivity index (χ3v) is 2.82. The van der Waals surface area contributed by atoms with Crippen molar-refractivity contribution in [2.24, 2.45) is 7.05 Å². The van der Waals surface area contributed by atoms with Crippen molar-refractivity contribution in [2.75, 3.05) is 20.6 Å². The lowest BCUT2D eigenvalue weighted by Gasteiger charge is -2.10. The van der Waals surface area contributed by atoms with E-state index in [2.05, 4.69) is 10.4 Å². The van der Waals surface area contributed by atoms with Gasteiger partial charge in [-0.3, -0.25) is 9.48 Å². The molecule has 0 saturated carbocycles. The molecule has 0 aliphatic heterocycles. The van der Waals surface area contributed by atoms with Crippen LogP contribution in [0.3, 0.4) is 0 Å². The quantitative estimate of drug-likeness (QED) is 0.895. The van der Waals surface area contributed by atoms with Gasteiger partial charge in [0.1, 0.15) is 5.15 Å². The molecule has 0 atom stereocenters. The summed E-state index contributed by atoms with van der Waals surface area (Å²) in [5.74, 6) is 0.0395. The highest BCUT2D eigenvalue weighted by atomic mass is 35.5. The summed E-state index contributed by atoms with van der Waals surface area (Å²) in [6, 6.07) is 0. The number of amides is 1. The van der Waals surface area contributed by atoms with Crippen LogP contribution in [0.5, 0.6) is 0 Å². The Morgan fingerprint density at radius 2 is 2.12 bits per heavy atom. The molecule has 0 aliphatic carbocycles. The summed E-state index contributed by atoms with van der Waals surface area (Å²) >= 11 is 6.06. The first kappa shape index (κ1) is 16.2. The number of hydrogen-bond donors (Lipinski definition) is 1. The second-order valence-electron chi connectivity index (χ2n) is 3.87. The van der Waals surface area contributed by atoms with Gasteiger partial charge in [0.2, 0.25) is 5.91 Å². The molecule has 98 valence electrons. The van der Waals surface area contributed by atoms with Crippen LogP contribution in [-0.2, 0) is 18.4 Å². The van der Waals surface area contributed by atoms with Crippen LogP contribution in [0.4, 0.5) is 0 Å². The monoisotopic (exact) mass is 280 g/mol. The minimum absolute atomic E-state index is 0. The lowest BCUT2D eigenvalue weighted by Crippen LogP contribution is -2.32. The fourth-order valence-electron chi connectivity index (χ4n) is 1.33. The average Bonchev–Trinajstić information content (AvgIpc) is 2.44. The van der Waals surface area contributed by atoms with Gasteiger partial charge in [0, 0.05) is 33.3 Å². The summed E-state index contributed by atoms with van der Waals surface area (Å²) in [7, 11) is 5.25. The lowest BCUT2D eigenvalue weighted by atomic mass is 10.2. The Hall–Kier alpha value is -0.780. The first-order valence-electron chi connectivity index (χ1n) is 5.02. The number of nitrogens with zero attached hydrogens (tertiary/aromatic N) is 3. The van der Waals surface area contributed by atoms with E-state index in [0.29, 0.717) is 18.2 Å². The van der Waals surface area contributed by atoms with E-state index < -0.39 is 0 Å². The Morgan fingerprint density at radius 1 is 1.53 bits per heavy atom. The van der Waals surface area contributed by atoms with E-state index in [-0.39, 0.29) is 18.3 Å². The lowest BCUT2D eigenvalue weighted by molar-refractivity contribution is -0.127. The number of aromatic nitrogens is 2. The number of carbonyl (C=O) groups is 1. The summed E-state index contributed by atoms with van der Waals surface area (Å²) < 4.78 is 1.63. The van der Waals surface area contributed by atoms with Gasteiger partial charge in [0.05, 0.1) is 12.2 Å². The molecule has 0 aromatic carbocycles. The van der Waals surface area contributed by atoms with Gasteiger partial charge in [-0.1, -0.05) is 11.6 Å². The molecule has 5 nitrogen and oxygen atoms in total. The molecule has 0 bridgehead atoms. The van der Waals surface area contributed by atoms with Gasteiger partial charge in [0.25, 0.3) is 0 Å². The molecule has 17 heavy (non-hydrogen) atoms. The normalized spacial score (nSPS) is 9.94. The first-order valence-corrected chi connectivity index (χ1v) is 5.40. The van der Waals surface area contributed by atoms with E-state index in [1.54, 1.807) is 30.7 Å². The maximum atomic E-state index is 11.3. The van der Waals surface area contributed by atoms with E-state index in [1.165, 1.54) is 0 Å². The predicted octanol–water partition coefficient (Wildman–Crippen LogP) is 0.982. The van der Waals surface area contributed by atoms with E-state index in [0.717, 1.165) is 11.3 Å². The van der Waals surface area contributed by atoms with Crippen molar-refractivity contribution < 1.29 is 4.79 Å². The fourth-order valence-corrected chi connectivity index (χ4v) is 1.57.